The van der Waals surface area contributed by atoms with Gasteiger partial charge in [0.25, 0.3) is 0 Å². The molecule has 1 aromatic carbocycles. The van der Waals surface area contributed by atoms with Crippen LogP contribution in [0.4, 0.5) is 18.9 Å². The van der Waals surface area contributed by atoms with Crippen molar-refractivity contribution >= 4 is 5.69 Å². The van der Waals surface area contributed by atoms with Crippen LogP contribution in [-0.4, -0.2) is 21.1 Å². The van der Waals surface area contributed by atoms with Crippen molar-refractivity contribution < 1.29 is 22.8 Å². The number of hydrogen-bond acceptors (Lipinski definition) is 4. The maximum Gasteiger partial charge on any atom is 0.387 e. The van der Waals surface area contributed by atoms with Crippen molar-refractivity contribution in [2.24, 2.45) is 0 Å². The summed E-state index contributed by atoms with van der Waals surface area (Å²) < 4.78 is 43.2. The number of nitrogens with zero attached hydrogens (tertiary/aromatic N) is 3. The number of alkyl halides is 2. The van der Waals surface area contributed by atoms with Gasteiger partial charge in [-0.3, -0.25) is 14.7 Å². The van der Waals surface area contributed by atoms with Crippen molar-refractivity contribution in [3.63, 3.8) is 0 Å². The van der Waals surface area contributed by atoms with Gasteiger partial charge in [-0.15, -0.1) is 0 Å². The van der Waals surface area contributed by atoms with Crippen molar-refractivity contribution in [3.05, 3.63) is 46.3 Å². The Hall–Kier alpha value is -2.58. The smallest absolute Gasteiger partial charge is 0.387 e. The fourth-order valence-corrected chi connectivity index (χ4v) is 1.66. The fraction of sp³-hybridized carbons (Fsp3) is 0.182. The minimum Gasteiger partial charge on any atom is -0.435 e. The quantitative estimate of drug-likeness (QED) is 0.640. The highest BCUT2D eigenvalue weighted by molar-refractivity contribution is 5.57. The van der Waals surface area contributed by atoms with Gasteiger partial charge in [-0.1, -0.05) is 0 Å². The first-order valence-electron chi connectivity index (χ1n) is 5.32. The van der Waals surface area contributed by atoms with Gasteiger partial charge < -0.3 is 4.74 Å². The molecule has 0 saturated carbocycles. The lowest BCUT2D eigenvalue weighted by Crippen LogP contribution is -2.06. The summed E-state index contributed by atoms with van der Waals surface area (Å²) in [6, 6.07) is 1.49. The second-order valence-electron chi connectivity index (χ2n) is 3.83. The number of ether oxygens (including phenoxy) is 1. The van der Waals surface area contributed by atoms with Crippen molar-refractivity contribution in [3.8, 4) is 11.4 Å². The lowest BCUT2D eigenvalue weighted by Gasteiger charge is -2.09. The van der Waals surface area contributed by atoms with E-state index in [0.717, 1.165) is 10.6 Å². The van der Waals surface area contributed by atoms with Gasteiger partial charge in [0.2, 0.25) is 5.82 Å². The third-order valence-electron chi connectivity index (χ3n) is 2.41. The number of imidazole rings is 1. The van der Waals surface area contributed by atoms with Crippen LogP contribution in [0.3, 0.4) is 0 Å². The minimum atomic E-state index is -3.16. The molecule has 0 amide bonds. The van der Waals surface area contributed by atoms with Gasteiger partial charge in [0.15, 0.2) is 0 Å². The molecule has 1 aromatic heterocycles. The number of halogens is 3. The van der Waals surface area contributed by atoms with Crippen LogP contribution in [-0.2, 0) is 0 Å². The monoisotopic (exact) mass is 287 g/mol. The normalized spacial score (nSPS) is 10.8. The van der Waals surface area contributed by atoms with Crippen molar-refractivity contribution in [2.75, 3.05) is 0 Å². The molecule has 2 rings (SSSR count). The zero-order chi connectivity index (χ0) is 14.9. The summed E-state index contributed by atoms with van der Waals surface area (Å²) >= 11 is 0. The molecule has 0 N–H and O–H groups in total. The first kappa shape index (κ1) is 13.8. The van der Waals surface area contributed by atoms with Crippen molar-refractivity contribution in [1.82, 2.24) is 9.55 Å². The van der Waals surface area contributed by atoms with E-state index < -0.39 is 28.8 Å². The molecule has 6 nitrogen and oxygen atoms in total. The zero-order valence-corrected chi connectivity index (χ0v) is 10.1. The molecule has 20 heavy (non-hydrogen) atoms. The van der Waals surface area contributed by atoms with Crippen LogP contribution < -0.4 is 4.74 Å². The SMILES string of the molecule is Cc1cn(-c2cc(OC(F)F)cc(F)c2[N+](=O)[O-])cn1. The van der Waals surface area contributed by atoms with E-state index in [4.69, 9.17) is 0 Å². The van der Waals surface area contributed by atoms with Crippen LogP contribution in [0.15, 0.2) is 24.7 Å². The molecule has 9 heteroatoms. The summed E-state index contributed by atoms with van der Waals surface area (Å²) in [5.41, 5.74) is -0.560. The summed E-state index contributed by atoms with van der Waals surface area (Å²) in [6.07, 6.45) is 2.61. The van der Waals surface area contributed by atoms with E-state index in [-0.39, 0.29) is 5.69 Å². The molecule has 0 aliphatic carbocycles. The van der Waals surface area contributed by atoms with E-state index in [1.54, 1.807) is 6.92 Å². The Bertz CT molecular complexity index is 658. The number of nitro groups is 1. The van der Waals surface area contributed by atoms with Crippen LogP contribution in [0, 0.1) is 22.9 Å². The number of nitro benzene ring substituents is 1. The summed E-state index contributed by atoms with van der Waals surface area (Å²) in [4.78, 5) is 13.8. The Morgan fingerprint density at radius 1 is 1.45 bits per heavy atom. The molecule has 0 spiro atoms. The number of hydrogen-bond donors (Lipinski definition) is 0. The first-order chi connectivity index (χ1) is 9.38. The highest BCUT2D eigenvalue weighted by atomic mass is 19.3. The van der Waals surface area contributed by atoms with Crippen molar-refractivity contribution in [1.29, 1.82) is 0 Å². The topological polar surface area (TPSA) is 70.2 Å². The molecule has 1 heterocycles. The molecular formula is C11H8F3N3O3. The van der Waals surface area contributed by atoms with Crippen molar-refractivity contribution in [2.45, 2.75) is 13.5 Å². The standard InChI is InChI=1S/C11H8F3N3O3/c1-6-4-16(5-15-6)9-3-7(20-11(13)14)2-8(12)10(9)17(18)19/h2-5,11H,1H3. The number of rotatable bonds is 4. The summed E-state index contributed by atoms with van der Waals surface area (Å²) in [7, 11) is 0. The Kier molecular flexibility index (Phi) is 3.59. The molecule has 0 unspecified atom stereocenters. The van der Waals surface area contributed by atoms with E-state index in [2.05, 4.69) is 9.72 Å². The van der Waals surface area contributed by atoms with Gasteiger partial charge in [0, 0.05) is 18.3 Å². The Morgan fingerprint density at radius 3 is 2.65 bits per heavy atom. The molecule has 0 aliphatic heterocycles. The number of aryl methyl sites for hydroxylation is 1. The van der Waals surface area contributed by atoms with Gasteiger partial charge in [-0.05, 0) is 6.92 Å². The minimum absolute atomic E-state index is 0.244. The van der Waals surface area contributed by atoms with Crippen LogP contribution >= 0.6 is 0 Å². The third kappa shape index (κ3) is 2.71. The molecule has 0 atom stereocenters. The van der Waals surface area contributed by atoms with Crippen LogP contribution in [0.1, 0.15) is 5.69 Å². The highest BCUT2D eigenvalue weighted by Gasteiger charge is 2.24. The van der Waals surface area contributed by atoms with E-state index in [1.165, 1.54) is 12.5 Å². The Labute approximate surface area is 110 Å². The largest absolute Gasteiger partial charge is 0.435 e. The second-order valence-corrected chi connectivity index (χ2v) is 3.83. The molecule has 0 fully saturated rings. The van der Waals surface area contributed by atoms with Gasteiger partial charge in [-0.25, -0.2) is 4.98 Å². The first-order valence-corrected chi connectivity index (χ1v) is 5.32. The average Bonchev–Trinajstić information content (AvgIpc) is 2.73. The van der Waals surface area contributed by atoms with Crippen LogP contribution in [0.2, 0.25) is 0 Å². The van der Waals surface area contributed by atoms with Gasteiger partial charge in [0.05, 0.1) is 16.9 Å². The predicted molar refractivity (Wildman–Crippen MR) is 61.5 cm³/mol. The molecular weight excluding hydrogens is 279 g/mol. The third-order valence-corrected chi connectivity index (χ3v) is 2.41. The maximum atomic E-state index is 13.7. The van der Waals surface area contributed by atoms with E-state index in [0.29, 0.717) is 11.8 Å². The molecule has 2 aromatic rings. The van der Waals surface area contributed by atoms with E-state index >= 15 is 0 Å². The molecule has 0 saturated heterocycles. The summed E-state index contributed by atoms with van der Waals surface area (Å²) in [5, 5.41) is 10.9. The molecule has 106 valence electrons. The van der Waals surface area contributed by atoms with Gasteiger partial charge >= 0.3 is 12.3 Å². The molecule has 0 bridgehead atoms. The van der Waals surface area contributed by atoms with Gasteiger partial charge in [0.1, 0.15) is 11.4 Å². The predicted octanol–water partition coefficient (Wildman–Crippen LogP) is 2.83. The molecule has 0 aliphatic rings. The Balaban J connectivity index is 2.61. The Morgan fingerprint density at radius 2 is 2.15 bits per heavy atom. The lowest BCUT2D eigenvalue weighted by molar-refractivity contribution is -0.387. The van der Waals surface area contributed by atoms with E-state index in [1.807, 2.05) is 0 Å². The average molecular weight is 287 g/mol. The van der Waals surface area contributed by atoms with Crippen LogP contribution in [0.5, 0.6) is 5.75 Å². The fourth-order valence-electron chi connectivity index (χ4n) is 1.66. The molecule has 0 radical (unpaired) electrons. The van der Waals surface area contributed by atoms with Crippen LogP contribution in [0.25, 0.3) is 5.69 Å². The second kappa shape index (κ2) is 5.19. The lowest BCUT2D eigenvalue weighted by atomic mass is 10.2. The number of aromatic nitrogens is 2. The summed E-state index contributed by atoms with van der Waals surface area (Å²) in [5.74, 6) is -1.78. The maximum absolute atomic E-state index is 13.7. The number of benzene rings is 1. The van der Waals surface area contributed by atoms with Gasteiger partial charge in [-0.2, -0.15) is 13.2 Å². The summed E-state index contributed by atoms with van der Waals surface area (Å²) in [6.45, 7) is -1.54. The highest BCUT2D eigenvalue weighted by Crippen LogP contribution is 2.31. The van der Waals surface area contributed by atoms with E-state index in [9.17, 15) is 23.3 Å². The zero-order valence-electron chi connectivity index (χ0n) is 10.1.